The quantitative estimate of drug-likeness (QED) is 0.637. The fourth-order valence-corrected chi connectivity index (χ4v) is 3.01. The first-order valence-corrected chi connectivity index (χ1v) is 8.45. The molecule has 2 N–H and O–H groups in total. The van der Waals surface area contributed by atoms with E-state index in [0.29, 0.717) is 10.6 Å². The van der Waals surface area contributed by atoms with E-state index in [1.165, 1.54) is 0 Å². The number of anilines is 1. The highest BCUT2D eigenvalue weighted by atomic mass is 35.5. The molecular weight excluding hydrogens is 334 g/mol. The first-order chi connectivity index (χ1) is 12.2. The summed E-state index contributed by atoms with van der Waals surface area (Å²) in [6.07, 6.45) is -0.793. The minimum atomic E-state index is -0.793. The van der Waals surface area contributed by atoms with Gasteiger partial charge in [-0.3, -0.25) is 0 Å². The van der Waals surface area contributed by atoms with E-state index in [2.05, 4.69) is 5.32 Å². The highest BCUT2D eigenvalue weighted by Crippen LogP contribution is 2.35. The summed E-state index contributed by atoms with van der Waals surface area (Å²) in [5, 5.41) is 15.0. The van der Waals surface area contributed by atoms with Crippen LogP contribution < -0.4 is 10.1 Å². The van der Waals surface area contributed by atoms with Crippen LogP contribution in [0.3, 0.4) is 0 Å². The number of methoxy groups -OCH3 is 1. The van der Waals surface area contributed by atoms with Gasteiger partial charge in [-0.25, -0.2) is 0 Å². The van der Waals surface area contributed by atoms with E-state index in [-0.39, 0.29) is 6.04 Å². The predicted octanol–water partition coefficient (Wildman–Crippen LogP) is 5.24. The summed E-state index contributed by atoms with van der Waals surface area (Å²) >= 11 is 6.29. The minimum Gasteiger partial charge on any atom is -0.497 e. The molecule has 4 heteroatoms. The normalized spacial score (nSPS) is 13.1. The molecule has 0 aromatic heterocycles. The van der Waals surface area contributed by atoms with Gasteiger partial charge in [0.25, 0.3) is 0 Å². The molecule has 0 aliphatic rings. The standard InChI is InChI=1S/C21H20ClNO2/c1-25-17-13-11-16(12-14-17)23-20(15-7-3-2-4-8-15)21(24)18-9-5-6-10-19(18)22/h2-14,20-21,23-24H,1H3. The van der Waals surface area contributed by atoms with Gasteiger partial charge in [-0.2, -0.15) is 0 Å². The van der Waals surface area contributed by atoms with Crippen molar-refractivity contribution in [3.05, 3.63) is 95.0 Å². The molecule has 3 nitrogen and oxygen atoms in total. The zero-order valence-corrected chi connectivity index (χ0v) is 14.6. The second-order valence-electron chi connectivity index (χ2n) is 5.73. The summed E-state index contributed by atoms with van der Waals surface area (Å²) in [5.41, 5.74) is 2.56. The molecular formula is C21H20ClNO2. The molecule has 0 saturated heterocycles. The molecule has 3 rings (SSSR count). The molecule has 2 atom stereocenters. The predicted molar refractivity (Wildman–Crippen MR) is 102 cm³/mol. The number of halogens is 1. The Balaban J connectivity index is 1.93. The summed E-state index contributed by atoms with van der Waals surface area (Å²) in [5.74, 6) is 0.786. The Morgan fingerprint density at radius 2 is 1.52 bits per heavy atom. The van der Waals surface area contributed by atoms with Crippen molar-refractivity contribution in [2.24, 2.45) is 0 Å². The molecule has 0 aliphatic heterocycles. The number of nitrogens with one attached hydrogen (secondary N) is 1. The topological polar surface area (TPSA) is 41.5 Å². The Labute approximate surface area is 152 Å². The summed E-state index contributed by atoms with van der Waals surface area (Å²) in [4.78, 5) is 0. The van der Waals surface area contributed by atoms with E-state index in [0.717, 1.165) is 17.0 Å². The first-order valence-electron chi connectivity index (χ1n) is 8.07. The molecule has 2 unspecified atom stereocenters. The van der Waals surface area contributed by atoms with Crippen LogP contribution in [0.5, 0.6) is 5.75 Å². The second-order valence-corrected chi connectivity index (χ2v) is 6.13. The van der Waals surface area contributed by atoms with Crippen LogP contribution in [0, 0.1) is 0 Å². The van der Waals surface area contributed by atoms with E-state index in [1.54, 1.807) is 13.2 Å². The Morgan fingerprint density at radius 3 is 2.16 bits per heavy atom. The van der Waals surface area contributed by atoms with Crippen molar-refractivity contribution in [2.75, 3.05) is 12.4 Å². The van der Waals surface area contributed by atoms with Gasteiger partial charge < -0.3 is 15.2 Å². The SMILES string of the molecule is COc1ccc(NC(c2ccccc2)C(O)c2ccccc2Cl)cc1. The molecule has 25 heavy (non-hydrogen) atoms. The monoisotopic (exact) mass is 353 g/mol. The van der Waals surface area contributed by atoms with Gasteiger partial charge in [-0.05, 0) is 35.9 Å². The van der Waals surface area contributed by atoms with Gasteiger partial charge >= 0.3 is 0 Å². The van der Waals surface area contributed by atoms with E-state index in [4.69, 9.17) is 16.3 Å². The Morgan fingerprint density at radius 1 is 0.880 bits per heavy atom. The first kappa shape index (κ1) is 17.3. The fraction of sp³-hybridized carbons (Fsp3) is 0.143. The molecule has 0 spiro atoms. The van der Waals surface area contributed by atoms with Crippen molar-refractivity contribution >= 4 is 17.3 Å². The maximum absolute atomic E-state index is 11.0. The molecule has 128 valence electrons. The molecule has 0 aliphatic carbocycles. The Kier molecular flexibility index (Phi) is 5.59. The molecule has 0 heterocycles. The van der Waals surface area contributed by atoms with Crippen LogP contribution in [0.25, 0.3) is 0 Å². The van der Waals surface area contributed by atoms with Crippen molar-refractivity contribution in [1.82, 2.24) is 0 Å². The smallest absolute Gasteiger partial charge is 0.119 e. The highest BCUT2D eigenvalue weighted by molar-refractivity contribution is 6.31. The van der Waals surface area contributed by atoms with Gasteiger partial charge in [0.1, 0.15) is 11.9 Å². The van der Waals surface area contributed by atoms with Crippen LogP contribution >= 0.6 is 11.6 Å². The third-order valence-corrected chi connectivity index (χ3v) is 4.45. The number of aliphatic hydroxyl groups excluding tert-OH is 1. The van der Waals surface area contributed by atoms with Gasteiger partial charge in [-0.1, -0.05) is 60.1 Å². The number of aliphatic hydroxyl groups is 1. The Bertz CT molecular complexity index is 806. The van der Waals surface area contributed by atoms with Crippen LogP contribution in [0.1, 0.15) is 23.3 Å². The second kappa shape index (κ2) is 8.06. The number of ether oxygens (including phenoxy) is 1. The van der Waals surface area contributed by atoms with Crippen LogP contribution in [-0.4, -0.2) is 12.2 Å². The van der Waals surface area contributed by atoms with Gasteiger partial charge in [0.05, 0.1) is 13.2 Å². The highest BCUT2D eigenvalue weighted by Gasteiger charge is 2.24. The van der Waals surface area contributed by atoms with E-state index in [9.17, 15) is 5.11 Å². The number of hydrogen-bond donors (Lipinski definition) is 2. The number of rotatable bonds is 6. The number of hydrogen-bond acceptors (Lipinski definition) is 3. The van der Waals surface area contributed by atoms with Crippen LogP contribution in [-0.2, 0) is 0 Å². The molecule has 0 saturated carbocycles. The van der Waals surface area contributed by atoms with Crippen molar-refractivity contribution in [3.8, 4) is 5.75 Å². The van der Waals surface area contributed by atoms with E-state index >= 15 is 0 Å². The van der Waals surface area contributed by atoms with E-state index < -0.39 is 6.10 Å². The lowest BCUT2D eigenvalue weighted by molar-refractivity contribution is 0.155. The summed E-state index contributed by atoms with van der Waals surface area (Å²) < 4.78 is 5.20. The number of benzene rings is 3. The summed E-state index contributed by atoms with van der Waals surface area (Å²) in [6.45, 7) is 0. The van der Waals surface area contributed by atoms with Gasteiger partial charge in [0.15, 0.2) is 0 Å². The molecule has 0 bridgehead atoms. The largest absolute Gasteiger partial charge is 0.497 e. The summed E-state index contributed by atoms with van der Waals surface area (Å²) in [7, 11) is 1.64. The zero-order valence-electron chi connectivity index (χ0n) is 13.9. The van der Waals surface area contributed by atoms with Gasteiger partial charge in [0, 0.05) is 16.3 Å². The lowest BCUT2D eigenvalue weighted by atomic mass is 9.95. The van der Waals surface area contributed by atoms with Gasteiger partial charge in [0.2, 0.25) is 0 Å². The average Bonchev–Trinajstić information content (AvgIpc) is 2.67. The maximum atomic E-state index is 11.0. The van der Waals surface area contributed by atoms with Crippen molar-refractivity contribution in [1.29, 1.82) is 0 Å². The zero-order chi connectivity index (χ0) is 17.6. The van der Waals surface area contributed by atoms with Crippen molar-refractivity contribution < 1.29 is 9.84 Å². The van der Waals surface area contributed by atoms with Crippen molar-refractivity contribution in [2.45, 2.75) is 12.1 Å². The van der Waals surface area contributed by atoms with Crippen LogP contribution in [0.15, 0.2) is 78.9 Å². The minimum absolute atomic E-state index is 0.338. The summed E-state index contributed by atoms with van der Waals surface area (Å²) in [6, 6.07) is 24.5. The van der Waals surface area contributed by atoms with Gasteiger partial charge in [-0.15, -0.1) is 0 Å². The fourth-order valence-electron chi connectivity index (χ4n) is 2.77. The average molecular weight is 354 g/mol. The molecule has 0 radical (unpaired) electrons. The lowest BCUT2D eigenvalue weighted by Crippen LogP contribution is -2.19. The third-order valence-electron chi connectivity index (χ3n) is 4.11. The van der Waals surface area contributed by atoms with Crippen molar-refractivity contribution in [3.63, 3.8) is 0 Å². The molecule has 3 aromatic rings. The molecule has 0 amide bonds. The van der Waals surface area contributed by atoms with Crippen LogP contribution in [0.2, 0.25) is 5.02 Å². The molecule has 0 fully saturated rings. The third kappa shape index (κ3) is 4.13. The van der Waals surface area contributed by atoms with E-state index in [1.807, 2.05) is 72.8 Å². The van der Waals surface area contributed by atoms with Crippen LogP contribution in [0.4, 0.5) is 5.69 Å². The lowest BCUT2D eigenvalue weighted by Gasteiger charge is -2.26. The molecule has 3 aromatic carbocycles. The Hall–Kier alpha value is -2.49. The maximum Gasteiger partial charge on any atom is 0.119 e.